The Hall–Kier alpha value is -2.09. The molecule has 1 amide bonds. The van der Waals surface area contributed by atoms with Gasteiger partial charge in [-0.3, -0.25) is 14.6 Å². The van der Waals surface area contributed by atoms with Gasteiger partial charge in [0.15, 0.2) is 5.13 Å². The lowest BCUT2D eigenvalue weighted by Crippen LogP contribution is -2.30. The Kier molecular flexibility index (Phi) is 5.12. The summed E-state index contributed by atoms with van der Waals surface area (Å²) in [7, 11) is 0. The van der Waals surface area contributed by atoms with Crippen LogP contribution in [0.5, 0.6) is 0 Å². The third-order valence-electron chi connectivity index (χ3n) is 1.86. The number of hydrogen-bond acceptors (Lipinski definition) is 7. The monoisotopic (exact) mass is 268 g/mol. The van der Waals surface area contributed by atoms with E-state index in [1.807, 2.05) is 0 Å². The van der Waals surface area contributed by atoms with Gasteiger partial charge < -0.3 is 15.2 Å². The van der Waals surface area contributed by atoms with E-state index in [9.17, 15) is 19.5 Å². The van der Waals surface area contributed by atoms with E-state index >= 15 is 0 Å². The van der Waals surface area contributed by atoms with Crippen molar-refractivity contribution in [3.05, 3.63) is 11.6 Å². The molecule has 1 atom stereocenters. The number of anilines is 1. The number of aromatic nitrogens is 1. The van der Waals surface area contributed by atoms with Crippen LogP contribution in [0.15, 0.2) is 16.6 Å². The predicted molar refractivity (Wildman–Crippen MR) is 63.3 cm³/mol. The molecule has 0 aliphatic rings. The molecule has 7 nitrogen and oxygen atoms in total. The number of Topliss-reactive ketones (excluding diaryl/α,β-unsaturated/α-hetero) is 1. The minimum absolute atomic E-state index is 0.361. The van der Waals surface area contributed by atoms with Crippen LogP contribution in [-0.4, -0.2) is 35.4 Å². The topological polar surface area (TPSA) is 112 Å². The molecule has 1 heterocycles. The van der Waals surface area contributed by atoms with Crippen LogP contribution >= 0.6 is 11.3 Å². The lowest BCUT2D eigenvalue weighted by molar-refractivity contribution is -0.303. The lowest BCUT2D eigenvalue weighted by atomic mass is 10.1. The number of aliphatic imine (C=N–C) groups is 1. The van der Waals surface area contributed by atoms with Gasteiger partial charge in [-0.25, -0.2) is 4.98 Å². The van der Waals surface area contributed by atoms with Crippen molar-refractivity contribution in [3.63, 3.8) is 0 Å². The average Bonchev–Trinajstić information content (AvgIpc) is 2.75. The summed E-state index contributed by atoms with van der Waals surface area (Å²) >= 11 is 1.21. The summed E-state index contributed by atoms with van der Waals surface area (Å²) in [6, 6.07) is 0. The highest BCUT2D eigenvalue weighted by molar-refractivity contribution is 7.13. The Morgan fingerprint density at radius 2 is 2.33 bits per heavy atom. The van der Waals surface area contributed by atoms with E-state index in [4.69, 9.17) is 0 Å². The van der Waals surface area contributed by atoms with Crippen molar-refractivity contribution in [1.29, 1.82) is 0 Å². The van der Waals surface area contributed by atoms with Crippen molar-refractivity contribution in [1.82, 2.24) is 4.98 Å². The molecule has 0 spiro atoms. The quantitative estimate of drug-likeness (QED) is 0.531. The molecule has 0 unspecified atom stereocenters. The molecule has 96 valence electrons. The van der Waals surface area contributed by atoms with Gasteiger partial charge in [0.2, 0.25) is 5.91 Å². The first kappa shape index (κ1) is 14.0. The van der Waals surface area contributed by atoms with Gasteiger partial charge in [-0.05, 0) is 6.92 Å². The summed E-state index contributed by atoms with van der Waals surface area (Å²) in [4.78, 5) is 40.4. The first-order valence-corrected chi connectivity index (χ1v) is 5.79. The minimum atomic E-state index is -1.38. The maximum Gasteiger partial charge on any atom is 0.242 e. The molecular weight excluding hydrogens is 258 g/mol. The SMILES string of the molecule is CC(=O)[C@H](C=NCC(=O)[O-])C(=O)Nc1nccs1. The van der Waals surface area contributed by atoms with E-state index in [-0.39, 0.29) is 0 Å². The smallest absolute Gasteiger partial charge is 0.242 e. The van der Waals surface area contributed by atoms with Crippen LogP contribution in [0.4, 0.5) is 5.13 Å². The van der Waals surface area contributed by atoms with Crippen LogP contribution in [0, 0.1) is 5.92 Å². The summed E-state index contributed by atoms with van der Waals surface area (Å²) in [6.45, 7) is 0.630. The van der Waals surface area contributed by atoms with Crippen molar-refractivity contribution >= 4 is 40.3 Å². The van der Waals surface area contributed by atoms with E-state index in [0.29, 0.717) is 5.13 Å². The molecule has 18 heavy (non-hydrogen) atoms. The summed E-state index contributed by atoms with van der Waals surface area (Å²) in [6.07, 6.45) is 2.51. The molecule has 0 aromatic carbocycles. The number of aliphatic carboxylic acids is 1. The van der Waals surface area contributed by atoms with Gasteiger partial charge in [-0.1, -0.05) is 0 Å². The molecule has 0 bridgehead atoms. The molecule has 1 aromatic rings. The predicted octanol–water partition coefficient (Wildman–Crippen LogP) is -0.893. The number of amides is 1. The summed E-state index contributed by atoms with van der Waals surface area (Å²) in [5, 5.41) is 14.6. The second-order valence-electron chi connectivity index (χ2n) is 3.28. The van der Waals surface area contributed by atoms with Crippen molar-refractivity contribution < 1.29 is 19.5 Å². The van der Waals surface area contributed by atoms with E-state index in [1.54, 1.807) is 5.38 Å². The van der Waals surface area contributed by atoms with Crippen molar-refractivity contribution in [3.8, 4) is 0 Å². The van der Waals surface area contributed by atoms with Gasteiger partial charge in [0, 0.05) is 17.8 Å². The fraction of sp³-hybridized carbons (Fsp3) is 0.300. The Balaban J connectivity index is 2.66. The largest absolute Gasteiger partial charge is 0.548 e. The number of carboxylic acids is 1. The van der Waals surface area contributed by atoms with Gasteiger partial charge in [-0.2, -0.15) is 0 Å². The highest BCUT2D eigenvalue weighted by Gasteiger charge is 2.21. The van der Waals surface area contributed by atoms with Gasteiger partial charge in [-0.15, -0.1) is 11.3 Å². The molecule has 0 radical (unpaired) electrons. The molecule has 0 saturated heterocycles. The van der Waals surface area contributed by atoms with Crippen molar-refractivity contribution in [2.45, 2.75) is 6.92 Å². The molecule has 1 aromatic heterocycles. The molecule has 0 aliphatic carbocycles. The zero-order valence-corrected chi connectivity index (χ0v) is 10.3. The maximum atomic E-state index is 11.7. The second-order valence-corrected chi connectivity index (χ2v) is 4.17. The van der Waals surface area contributed by atoms with Gasteiger partial charge in [0.25, 0.3) is 0 Å². The highest BCUT2D eigenvalue weighted by Crippen LogP contribution is 2.11. The molecule has 0 aliphatic heterocycles. The average molecular weight is 268 g/mol. The van der Waals surface area contributed by atoms with Gasteiger partial charge in [0.1, 0.15) is 11.7 Å². The zero-order valence-electron chi connectivity index (χ0n) is 9.45. The van der Waals surface area contributed by atoms with E-state index in [0.717, 1.165) is 6.21 Å². The first-order chi connectivity index (χ1) is 8.50. The normalized spacial score (nSPS) is 12.3. The van der Waals surface area contributed by atoms with E-state index < -0.39 is 30.1 Å². The second kappa shape index (κ2) is 6.60. The van der Waals surface area contributed by atoms with Crippen LogP contribution in [0.2, 0.25) is 0 Å². The van der Waals surface area contributed by atoms with E-state index in [1.165, 1.54) is 24.5 Å². The number of nitrogens with zero attached hydrogens (tertiary/aromatic N) is 2. The fourth-order valence-corrected chi connectivity index (χ4v) is 1.59. The van der Waals surface area contributed by atoms with Crippen LogP contribution in [0.25, 0.3) is 0 Å². The number of thiazole rings is 1. The van der Waals surface area contributed by atoms with Crippen molar-refractivity contribution in [2.75, 3.05) is 11.9 Å². The van der Waals surface area contributed by atoms with Gasteiger partial charge >= 0.3 is 0 Å². The minimum Gasteiger partial charge on any atom is -0.548 e. The van der Waals surface area contributed by atoms with Crippen molar-refractivity contribution in [2.24, 2.45) is 10.9 Å². The molecule has 1 rings (SSSR count). The zero-order chi connectivity index (χ0) is 13.5. The Morgan fingerprint density at radius 1 is 1.61 bits per heavy atom. The van der Waals surface area contributed by atoms with E-state index in [2.05, 4.69) is 15.3 Å². The number of carboxylic acid groups (broad SMARTS) is 1. The number of ketones is 1. The van der Waals surface area contributed by atoms with Crippen LogP contribution < -0.4 is 10.4 Å². The molecular formula is C10H10N3O4S-. The first-order valence-electron chi connectivity index (χ1n) is 4.91. The van der Waals surface area contributed by atoms with Crippen LogP contribution in [-0.2, 0) is 14.4 Å². The number of carbonyl (C=O) groups excluding carboxylic acids is 3. The van der Waals surface area contributed by atoms with Crippen LogP contribution in [0.3, 0.4) is 0 Å². The molecule has 1 N–H and O–H groups in total. The summed E-state index contributed by atoms with van der Waals surface area (Å²) in [5.74, 6) is -3.55. The molecule has 0 fully saturated rings. The Labute approximate surface area is 107 Å². The Morgan fingerprint density at radius 3 is 2.83 bits per heavy atom. The van der Waals surface area contributed by atoms with Gasteiger partial charge in [0.05, 0.1) is 12.5 Å². The maximum absolute atomic E-state index is 11.7. The molecule has 8 heteroatoms. The number of rotatable bonds is 6. The lowest BCUT2D eigenvalue weighted by Gasteiger charge is -2.07. The number of carbonyl (C=O) groups is 3. The van der Waals surface area contributed by atoms with Crippen LogP contribution in [0.1, 0.15) is 6.92 Å². The molecule has 0 saturated carbocycles. The summed E-state index contributed by atoms with van der Waals surface area (Å²) < 4.78 is 0. The Bertz CT molecular complexity index is 469. The standard InChI is InChI=1S/C10H11N3O4S/c1-6(14)7(4-11-5-8(15)16)9(17)13-10-12-2-3-18-10/h2-4,7H,5H2,1H3,(H,15,16)(H,12,13,17)/p-1/t7-/m0/s1. The fourth-order valence-electron chi connectivity index (χ4n) is 1.06. The number of nitrogens with one attached hydrogen (secondary N) is 1. The number of hydrogen-bond donors (Lipinski definition) is 1. The summed E-state index contributed by atoms with van der Waals surface area (Å²) in [5.41, 5.74) is 0. The third-order valence-corrected chi connectivity index (χ3v) is 2.55. The third kappa shape index (κ3) is 4.42. The highest BCUT2D eigenvalue weighted by atomic mass is 32.1.